The van der Waals surface area contributed by atoms with Crippen LogP contribution in [-0.4, -0.2) is 245 Å². The number of amides is 11. The third-order valence-electron chi connectivity index (χ3n) is 18.2. The number of hydrogen-bond acceptors (Lipinski definition) is 24. The van der Waals surface area contributed by atoms with Gasteiger partial charge in [-0.05, 0) is 69.4 Å². The number of aliphatic imine (C=N–C) groups is 1. The summed E-state index contributed by atoms with van der Waals surface area (Å²) in [7, 11) is 1.58. The predicted molar refractivity (Wildman–Crippen MR) is 355 cm³/mol. The van der Waals surface area contributed by atoms with Gasteiger partial charge in [0.05, 0.1) is 31.8 Å². The molecule has 3 aliphatic heterocycles. The molecule has 100 heavy (non-hydrogen) atoms. The SMILES string of the molecule is CC[C@H](C)[C@H](NC(=O)[C@@H](Cc1ccccc1)NC)C(=O)N[C@@H](CO)C(=O)N[C@H](CCC(N)=O)C(=O)N[C@@H](C(=O)N[C@H](C(=O)N[C@@H](COC1OC(C(=O)O)C(O)C(O)C1O)C(=O)N[C@H]1C(=O)N[C@@H](C)C(=O)N[C@@H](C[C@H]2CN=C(N)N2)C(=O)N[C@@H]([C@@H](C)CC)C(=O)O[C@H]1C)[C@@H](C)CC)[C@@H](C)CC. The first-order valence-electron chi connectivity index (χ1n) is 33.6. The van der Waals surface area contributed by atoms with Crippen molar-refractivity contribution in [3.8, 4) is 0 Å². The van der Waals surface area contributed by atoms with E-state index in [4.69, 9.17) is 25.7 Å². The molecule has 36 nitrogen and oxygen atoms in total. The van der Waals surface area contributed by atoms with Crippen LogP contribution in [0.4, 0.5) is 0 Å². The van der Waals surface area contributed by atoms with Gasteiger partial charge < -0.3 is 115 Å². The normalized spacial score (nSPS) is 26.0. The standard InChI is InChI=1S/C64H103N15O21/c1-12-28(5)42(76-53(87)37(67-11)23-34-19-17-16-18-20-34)57(91)73-39(26-80)55(89)71-36(21-22-41(65)81)52(86)75-44(30(7)14-3)59(93)77-43(29(6)13-2)58(92)74-40(27-98-63-49(84)47(82)48(83)50(100-63)61(95)96)56(90)79-46-33(10)99-62(97)45(31(8)15-4)78-54(88)38(24-35-25-68-64(66)70-35)72-51(85)32(9)69-60(46)94/h16-20,28-33,35-40,42-50,63,67,80,82-84H,12-15,21-27H2,1-11H3,(H2,65,81)(H,69,94)(H,71,89)(H,72,85)(H,73,91)(H,74,92)(H,75,86)(H,76,87)(H,77,93)(H,78,88)(H,79,90)(H,95,96)(H3,66,68,70)/t28-,29-,30-,31-,32-,33-,35-,36+,37+,38-,39-,40-,42-,43-,44+,45-,46+,47?,48?,49?,50?,63?/m0/s1. The average molecular weight is 1420 g/mol. The number of nitrogens with one attached hydrogen (secondary N) is 12. The van der Waals surface area contributed by atoms with Crippen molar-refractivity contribution in [1.29, 1.82) is 0 Å². The number of aliphatic hydroxyl groups is 4. The highest BCUT2D eigenvalue weighted by Crippen LogP contribution is 2.24. The number of ether oxygens (including phenoxy) is 3. The van der Waals surface area contributed by atoms with E-state index in [0.29, 0.717) is 12.8 Å². The lowest BCUT2D eigenvalue weighted by Gasteiger charge is -2.39. The number of aliphatic carboxylic acids is 1. The van der Waals surface area contributed by atoms with Crippen LogP contribution in [0, 0.1) is 23.7 Å². The van der Waals surface area contributed by atoms with Gasteiger partial charge in [0.2, 0.25) is 65.0 Å². The second-order valence-electron chi connectivity index (χ2n) is 25.7. The van der Waals surface area contributed by atoms with Gasteiger partial charge in [0.15, 0.2) is 18.4 Å². The first-order valence-corrected chi connectivity index (χ1v) is 33.6. The number of benzene rings is 1. The van der Waals surface area contributed by atoms with E-state index in [1.807, 2.05) is 30.3 Å². The Morgan fingerprint density at radius 2 is 1.18 bits per heavy atom. The molecule has 0 aliphatic carbocycles. The summed E-state index contributed by atoms with van der Waals surface area (Å²) < 4.78 is 16.7. The van der Waals surface area contributed by atoms with Crippen LogP contribution >= 0.6 is 0 Å². The van der Waals surface area contributed by atoms with E-state index in [-0.39, 0.29) is 38.2 Å². The molecular weight excluding hydrogens is 1310 g/mol. The van der Waals surface area contributed by atoms with Gasteiger partial charge >= 0.3 is 11.9 Å². The van der Waals surface area contributed by atoms with E-state index >= 15 is 0 Å². The van der Waals surface area contributed by atoms with Gasteiger partial charge in [-0.2, -0.15) is 0 Å². The third kappa shape index (κ3) is 24.0. The largest absolute Gasteiger partial charge is 0.479 e. The number of hydrogen-bond donors (Lipinski definition) is 19. The molecule has 21 N–H and O–H groups in total. The lowest BCUT2D eigenvalue weighted by atomic mass is 9.94. The summed E-state index contributed by atoms with van der Waals surface area (Å²) in [5.74, 6) is -16.4. The number of carboxylic acid groups (broad SMARTS) is 1. The maximum atomic E-state index is 14.9. The van der Waals surface area contributed by atoms with Crippen molar-refractivity contribution in [2.75, 3.05) is 26.8 Å². The first-order chi connectivity index (χ1) is 47.1. The molecule has 1 aromatic carbocycles. The number of rotatable bonds is 35. The molecular formula is C64H103N15O21. The van der Waals surface area contributed by atoms with E-state index < -0.39 is 236 Å². The highest BCUT2D eigenvalue weighted by atomic mass is 16.7. The molecule has 3 aliphatic rings. The van der Waals surface area contributed by atoms with E-state index in [9.17, 15) is 87.9 Å². The topological polar surface area (TPSA) is 560 Å². The Bertz CT molecular complexity index is 3040. The molecule has 36 heteroatoms. The Kier molecular flexibility index (Phi) is 33.4. The third-order valence-corrected chi connectivity index (χ3v) is 18.2. The van der Waals surface area contributed by atoms with Crippen molar-refractivity contribution in [3.05, 3.63) is 35.9 Å². The van der Waals surface area contributed by atoms with Crippen LogP contribution in [0.2, 0.25) is 0 Å². The number of likely N-dealkylation sites (N-methyl/N-ethyl adjacent to an activating group) is 1. The van der Waals surface area contributed by atoms with Crippen molar-refractivity contribution in [2.45, 2.75) is 230 Å². The van der Waals surface area contributed by atoms with Crippen LogP contribution in [0.15, 0.2) is 35.3 Å². The number of nitrogens with zero attached hydrogens (tertiary/aromatic N) is 1. The number of carbonyl (C=O) groups excluding carboxylic acids is 12. The van der Waals surface area contributed by atoms with Crippen molar-refractivity contribution < 1.29 is 102 Å². The van der Waals surface area contributed by atoms with Gasteiger partial charge in [-0.15, -0.1) is 0 Å². The lowest BCUT2D eigenvalue weighted by molar-refractivity contribution is -0.294. The fourth-order valence-electron chi connectivity index (χ4n) is 10.9. The molecule has 22 atom stereocenters. The molecule has 3 heterocycles. The molecule has 0 spiro atoms. The van der Waals surface area contributed by atoms with E-state index in [1.165, 1.54) is 20.8 Å². The Hall–Kier alpha value is -8.68. The summed E-state index contributed by atoms with van der Waals surface area (Å²) in [6.07, 6.45) is -12.5. The number of carboxylic acids is 1. The van der Waals surface area contributed by atoms with Crippen LogP contribution in [0.25, 0.3) is 0 Å². The molecule has 2 saturated heterocycles. The number of carbonyl (C=O) groups is 13. The van der Waals surface area contributed by atoms with Gasteiger partial charge in [0, 0.05) is 6.42 Å². The highest BCUT2D eigenvalue weighted by Gasteiger charge is 2.49. The van der Waals surface area contributed by atoms with E-state index in [1.54, 1.807) is 55.5 Å². The zero-order chi connectivity index (χ0) is 75.0. The Morgan fingerprint density at radius 3 is 1.69 bits per heavy atom. The minimum atomic E-state index is -2.21. The summed E-state index contributed by atoms with van der Waals surface area (Å²) in [6, 6.07) is -8.35. The fourth-order valence-corrected chi connectivity index (χ4v) is 10.9. The number of guanidine groups is 1. The second kappa shape index (κ2) is 39.9. The Labute approximate surface area is 579 Å². The zero-order valence-corrected chi connectivity index (χ0v) is 58.2. The van der Waals surface area contributed by atoms with E-state index in [0.717, 1.165) is 5.56 Å². The minimum absolute atomic E-state index is 0.0795. The molecule has 1 aromatic rings. The van der Waals surface area contributed by atoms with Crippen LogP contribution in [0.1, 0.15) is 120 Å². The number of cyclic esters (lactones) is 1. The molecule has 0 bridgehead atoms. The van der Waals surface area contributed by atoms with Gasteiger partial charge in [-0.3, -0.25) is 57.7 Å². The van der Waals surface area contributed by atoms with Crippen LogP contribution in [-0.2, 0) is 83.0 Å². The van der Waals surface area contributed by atoms with Crippen molar-refractivity contribution in [1.82, 2.24) is 63.8 Å². The van der Waals surface area contributed by atoms with Gasteiger partial charge in [-0.1, -0.05) is 111 Å². The van der Waals surface area contributed by atoms with Crippen LogP contribution in [0.5, 0.6) is 0 Å². The molecule has 0 aromatic heterocycles. The lowest BCUT2D eigenvalue weighted by Crippen LogP contribution is -2.64. The number of esters is 1. The molecule has 4 rings (SSSR count). The summed E-state index contributed by atoms with van der Waals surface area (Å²) >= 11 is 0. The van der Waals surface area contributed by atoms with Crippen LogP contribution in [0.3, 0.4) is 0 Å². The summed E-state index contributed by atoms with van der Waals surface area (Å²) in [5.41, 5.74) is 12.1. The number of nitrogens with two attached hydrogens (primary N) is 2. The maximum absolute atomic E-state index is 14.9. The molecule has 11 amide bonds. The van der Waals surface area contributed by atoms with Gasteiger partial charge in [0.25, 0.3) is 0 Å². The summed E-state index contributed by atoms with van der Waals surface area (Å²) in [5, 5.41) is 83.3. The van der Waals surface area contributed by atoms with Gasteiger partial charge in [-0.25, -0.2) is 9.59 Å². The number of aliphatic hydroxyl groups excluding tert-OH is 4. The summed E-state index contributed by atoms with van der Waals surface area (Å²) in [4.78, 5) is 185. The fraction of sp³-hybridized carbons (Fsp3) is 0.688. The van der Waals surface area contributed by atoms with E-state index in [2.05, 4.69) is 68.8 Å². The first kappa shape index (κ1) is 83.7. The van der Waals surface area contributed by atoms with Gasteiger partial charge in [0.1, 0.15) is 84.8 Å². The van der Waals surface area contributed by atoms with Crippen molar-refractivity contribution in [3.63, 3.8) is 0 Å². The molecule has 0 radical (unpaired) electrons. The second-order valence-corrected chi connectivity index (χ2v) is 25.7. The smallest absolute Gasteiger partial charge is 0.335 e. The summed E-state index contributed by atoms with van der Waals surface area (Å²) in [6.45, 7) is 13.6. The minimum Gasteiger partial charge on any atom is -0.479 e. The van der Waals surface area contributed by atoms with Crippen LogP contribution < -0.4 is 75.3 Å². The van der Waals surface area contributed by atoms with Crippen molar-refractivity contribution >= 4 is 82.9 Å². The van der Waals surface area contributed by atoms with Crippen molar-refractivity contribution in [2.24, 2.45) is 40.1 Å². The number of primary amides is 1. The Balaban J connectivity index is 1.67. The molecule has 5 unspecified atom stereocenters. The average Bonchev–Trinajstić information content (AvgIpc) is 1.13. The molecule has 2 fully saturated rings. The quantitative estimate of drug-likeness (QED) is 0.0281. The monoisotopic (exact) mass is 1420 g/mol. The maximum Gasteiger partial charge on any atom is 0.335 e. The zero-order valence-electron chi connectivity index (χ0n) is 58.2. The highest BCUT2D eigenvalue weighted by molar-refractivity contribution is 6.00. The Morgan fingerprint density at radius 1 is 0.650 bits per heavy atom. The predicted octanol–water partition coefficient (Wildman–Crippen LogP) is -6.34. The molecule has 0 saturated carbocycles. The molecule has 560 valence electrons.